The minimum absolute atomic E-state index is 0.0524. The minimum Gasteiger partial charge on any atom is -0.478 e. The molecule has 2 heterocycles. The zero-order valence-electron chi connectivity index (χ0n) is 22.5. The molecule has 0 spiro atoms. The predicted octanol–water partition coefficient (Wildman–Crippen LogP) is 4.30. The lowest BCUT2D eigenvalue weighted by molar-refractivity contribution is 0.0325. The highest BCUT2D eigenvalue weighted by Crippen LogP contribution is 2.28. The molecule has 0 saturated carbocycles. The Hall–Kier alpha value is -4.01. The lowest BCUT2D eigenvalue weighted by atomic mass is 9.99. The summed E-state index contributed by atoms with van der Waals surface area (Å²) in [7, 11) is 1.95. The van der Waals surface area contributed by atoms with Gasteiger partial charge in [-0.25, -0.2) is 9.78 Å². The number of carboxylic acid groups (broad SMARTS) is 1. The summed E-state index contributed by atoms with van der Waals surface area (Å²) in [6, 6.07) is 18.2. The first-order chi connectivity index (χ1) is 18.7. The molecule has 0 unspecified atom stereocenters. The smallest absolute Gasteiger partial charge is 0.335 e. The highest BCUT2D eigenvalue weighted by molar-refractivity contribution is 5.97. The maximum atomic E-state index is 13.6. The van der Waals surface area contributed by atoms with E-state index in [1.54, 1.807) is 35.4 Å². The van der Waals surface area contributed by atoms with Crippen LogP contribution in [0.2, 0.25) is 0 Å². The number of pyridine rings is 1. The number of carboxylic acids is 1. The average molecular weight is 530 g/mol. The van der Waals surface area contributed by atoms with Gasteiger partial charge in [0.1, 0.15) is 11.7 Å². The summed E-state index contributed by atoms with van der Waals surface area (Å²) in [5, 5.41) is 19.2. The molecular formula is C31H35N3O5. The van der Waals surface area contributed by atoms with Crippen LogP contribution in [0.25, 0.3) is 12.2 Å². The Bertz CT molecular complexity index is 1330. The maximum absolute atomic E-state index is 13.6. The van der Waals surface area contributed by atoms with Gasteiger partial charge in [0.2, 0.25) is 5.88 Å². The molecule has 2 N–H and O–H groups in total. The Morgan fingerprint density at radius 3 is 2.62 bits per heavy atom. The van der Waals surface area contributed by atoms with Gasteiger partial charge in [-0.1, -0.05) is 61.5 Å². The van der Waals surface area contributed by atoms with Crippen molar-refractivity contribution in [3.05, 3.63) is 94.7 Å². The quantitative estimate of drug-likeness (QED) is 0.426. The van der Waals surface area contributed by atoms with Crippen LogP contribution in [0.3, 0.4) is 0 Å². The summed E-state index contributed by atoms with van der Waals surface area (Å²) in [4.78, 5) is 33.3. The summed E-state index contributed by atoms with van der Waals surface area (Å²) in [6.07, 6.45) is 5.27. The lowest BCUT2D eigenvalue weighted by Gasteiger charge is -2.37. The van der Waals surface area contributed by atoms with Gasteiger partial charge in [-0.15, -0.1) is 0 Å². The van der Waals surface area contributed by atoms with Crippen molar-refractivity contribution in [1.29, 1.82) is 0 Å². The van der Waals surface area contributed by atoms with Gasteiger partial charge in [0, 0.05) is 31.7 Å². The average Bonchev–Trinajstić information content (AvgIpc) is 2.94. The number of aliphatic hydroxyl groups excluding tert-OH is 1. The number of aromatic carboxylic acids is 1. The molecule has 3 atom stereocenters. The number of hydrogen-bond donors (Lipinski definition) is 2. The van der Waals surface area contributed by atoms with Gasteiger partial charge in [0.15, 0.2) is 0 Å². The fourth-order valence-electron chi connectivity index (χ4n) is 4.67. The third-order valence-electron chi connectivity index (χ3n) is 6.93. The second-order valence-corrected chi connectivity index (χ2v) is 10.2. The number of benzene rings is 2. The Morgan fingerprint density at radius 2 is 1.90 bits per heavy atom. The van der Waals surface area contributed by atoms with E-state index >= 15 is 0 Å². The second-order valence-electron chi connectivity index (χ2n) is 10.2. The summed E-state index contributed by atoms with van der Waals surface area (Å²) in [6.45, 7) is 5.18. The van der Waals surface area contributed by atoms with Crippen LogP contribution in [0.4, 0.5) is 0 Å². The standard InChI is InChI=1S/C31H35N3O5/c1-21-17-34(22(2)20-35)30(36)27-15-24(13-12-23-8-5-4-6-9-23)16-32-29(27)39-28(21)19-33(3)18-25-10-7-11-26(14-25)31(37)38/h4-16,21-22,28,35H,17-20H2,1-3H3,(H,37,38)/b13-12+/t21-,22-,28+/m0/s1. The Morgan fingerprint density at radius 1 is 1.15 bits per heavy atom. The molecule has 39 heavy (non-hydrogen) atoms. The largest absolute Gasteiger partial charge is 0.478 e. The van der Waals surface area contributed by atoms with E-state index < -0.39 is 5.97 Å². The maximum Gasteiger partial charge on any atom is 0.335 e. The molecule has 3 aromatic rings. The van der Waals surface area contributed by atoms with Crippen molar-refractivity contribution in [3.63, 3.8) is 0 Å². The molecule has 0 fully saturated rings. The van der Waals surface area contributed by atoms with E-state index in [4.69, 9.17) is 4.74 Å². The van der Waals surface area contributed by atoms with Gasteiger partial charge in [-0.05, 0) is 48.9 Å². The molecule has 8 heteroatoms. The van der Waals surface area contributed by atoms with Crippen molar-refractivity contribution < 1.29 is 24.5 Å². The number of nitrogens with zero attached hydrogens (tertiary/aromatic N) is 3. The molecule has 0 aliphatic carbocycles. The van der Waals surface area contributed by atoms with E-state index in [0.717, 1.165) is 16.7 Å². The molecule has 8 nitrogen and oxygen atoms in total. The van der Waals surface area contributed by atoms with Crippen LogP contribution in [0.5, 0.6) is 5.88 Å². The van der Waals surface area contributed by atoms with Gasteiger partial charge in [0.25, 0.3) is 5.91 Å². The van der Waals surface area contributed by atoms with Crippen LogP contribution in [0.1, 0.15) is 51.3 Å². The number of carbonyl (C=O) groups is 2. The molecule has 204 valence electrons. The highest BCUT2D eigenvalue weighted by Gasteiger charge is 2.34. The summed E-state index contributed by atoms with van der Waals surface area (Å²) < 4.78 is 6.39. The van der Waals surface area contributed by atoms with Crippen LogP contribution < -0.4 is 4.74 Å². The number of carbonyl (C=O) groups excluding carboxylic acids is 1. The topological polar surface area (TPSA) is 103 Å². The van der Waals surface area contributed by atoms with Crippen molar-refractivity contribution in [2.24, 2.45) is 5.92 Å². The minimum atomic E-state index is -0.958. The fraction of sp³-hybridized carbons (Fsp3) is 0.323. The van der Waals surface area contributed by atoms with E-state index in [-0.39, 0.29) is 42.0 Å². The molecule has 2 aromatic carbocycles. The number of aliphatic hydroxyl groups is 1. The number of ether oxygens (including phenoxy) is 1. The van der Waals surface area contributed by atoms with Crippen molar-refractivity contribution in [2.75, 3.05) is 26.7 Å². The van der Waals surface area contributed by atoms with Gasteiger partial charge < -0.3 is 19.8 Å². The Balaban J connectivity index is 1.60. The number of fused-ring (bicyclic) bond motifs is 1. The molecule has 1 aromatic heterocycles. The van der Waals surface area contributed by atoms with Crippen LogP contribution in [-0.2, 0) is 6.54 Å². The zero-order chi connectivity index (χ0) is 27.9. The summed E-state index contributed by atoms with van der Waals surface area (Å²) in [5.74, 6) is -0.966. The van der Waals surface area contributed by atoms with E-state index in [2.05, 4.69) is 9.88 Å². The second kappa shape index (κ2) is 12.7. The molecule has 1 aliphatic heterocycles. The van der Waals surface area contributed by atoms with Crippen LogP contribution in [0, 0.1) is 5.92 Å². The van der Waals surface area contributed by atoms with E-state index in [1.165, 1.54) is 0 Å². The van der Waals surface area contributed by atoms with Gasteiger partial charge in [-0.2, -0.15) is 0 Å². The lowest BCUT2D eigenvalue weighted by Crippen LogP contribution is -2.49. The first-order valence-electron chi connectivity index (χ1n) is 13.1. The first-order valence-corrected chi connectivity index (χ1v) is 13.1. The molecule has 1 aliphatic rings. The van der Waals surface area contributed by atoms with Gasteiger partial charge in [0.05, 0.1) is 18.2 Å². The molecular weight excluding hydrogens is 494 g/mol. The predicted molar refractivity (Wildman–Crippen MR) is 151 cm³/mol. The summed E-state index contributed by atoms with van der Waals surface area (Å²) >= 11 is 0. The molecule has 0 bridgehead atoms. The third-order valence-corrected chi connectivity index (χ3v) is 6.93. The van der Waals surface area contributed by atoms with Crippen molar-refractivity contribution >= 4 is 24.0 Å². The number of likely N-dealkylation sites (N-methyl/N-ethyl adjacent to an activating group) is 1. The normalized spacial score (nSPS) is 18.4. The number of amides is 1. The van der Waals surface area contributed by atoms with Crippen molar-refractivity contribution in [1.82, 2.24) is 14.8 Å². The molecule has 4 rings (SSSR count). The fourth-order valence-corrected chi connectivity index (χ4v) is 4.67. The van der Waals surface area contributed by atoms with Crippen LogP contribution >= 0.6 is 0 Å². The van der Waals surface area contributed by atoms with Crippen LogP contribution in [0.15, 0.2) is 66.9 Å². The number of hydrogen-bond acceptors (Lipinski definition) is 6. The van der Waals surface area contributed by atoms with E-state index in [9.17, 15) is 19.8 Å². The Kier molecular flexibility index (Phi) is 9.11. The zero-order valence-corrected chi connectivity index (χ0v) is 22.5. The number of rotatable bonds is 9. The monoisotopic (exact) mass is 529 g/mol. The van der Waals surface area contributed by atoms with Crippen molar-refractivity contribution in [3.8, 4) is 5.88 Å². The van der Waals surface area contributed by atoms with E-state index in [1.807, 2.05) is 69.4 Å². The Labute approximate surface area is 229 Å². The first kappa shape index (κ1) is 28.0. The van der Waals surface area contributed by atoms with E-state index in [0.29, 0.717) is 25.2 Å². The molecule has 0 saturated heterocycles. The van der Waals surface area contributed by atoms with Crippen LogP contribution in [-0.4, -0.2) is 75.8 Å². The molecule has 1 amide bonds. The highest BCUT2D eigenvalue weighted by atomic mass is 16.5. The van der Waals surface area contributed by atoms with Crippen molar-refractivity contribution in [2.45, 2.75) is 32.5 Å². The molecule has 0 radical (unpaired) electrons. The third kappa shape index (κ3) is 7.10. The SMILES string of the molecule is C[C@H]1CN([C@@H](C)CO)C(=O)c2cc(/C=C/c3ccccc3)cnc2O[C@@H]1CN(C)Cc1cccc(C(=O)O)c1. The van der Waals surface area contributed by atoms with Gasteiger partial charge >= 0.3 is 5.97 Å². The number of aromatic nitrogens is 1. The van der Waals surface area contributed by atoms with Gasteiger partial charge in [-0.3, -0.25) is 9.69 Å². The summed E-state index contributed by atoms with van der Waals surface area (Å²) in [5.41, 5.74) is 3.30.